The number of nitrogens with one attached hydrogen (secondary N) is 2. The molecule has 0 unspecified atom stereocenters. The number of pyridine rings is 1. The van der Waals surface area contributed by atoms with Gasteiger partial charge in [0.25, 0.3) is 0 Å². The topological polar surface area (TPSA) is 100 Å². The van der Waals surface area contributed by atoms with Gasteiger partial charge in [0, 0.05) is 18.7 Å². The lowest BCUT2D eigenvalue weighted by molar-refractivity contribution is -0.384. The number of hydrogen-bond donors (Lipinski definition) is 3. The average molecular weight is 294 g/mol. The Morgan fingerprint density at radius 1 is 1.38 bits per heavy atom. The van der Waals surface area contributed by atoms with Crippen LogP contribution in [0, 0.1) is 10.1 Å². The summed E-state index contributed by atoms with van der Waals surface area (Å²) in [4.78, 5) is 15.0. The van der Waals surface area contributed by atoms with Gasteiger partial charge in [-0.1, -0.05) is 6.92 Å². The Balaban J connectivity index is 2.12. The fourth-order valence-electron chi connectivity index (χ4n) is 2.47. The molecule has 1 fully saturated rings. The molecule has 3 N–H and O–H groups in total. The Bertz CT molecular complexity index is 487. The Hall–Kier alpha value is -1.89. The van der Waals surface area contributed by atoms with Gasteiger partial charge in [0.15, 0.2) is 0 Å². The van der Waals surface area contributed by atoms with Crippen LogP contribution in [0.25, 0.3) is 0 Å². The van der Waals surface area contributed by atoms with Gasteiger partial charge in [-0.05, 0) is 38.2 Å². The minimum atomic E-state index is -0.420. The van der Waals surface area contributed by atoms with Crippen molar-refractivity contribution in [3.63, 3.8) is 0 Å². The summed E-state index contributed by atoms with van der Waals surface area (Å²) in [5.74, 6) is 0.947. The van der Waals surface area contributed by atoms with E-state index in [0.29, 0.717) is 11.6 Å². The van der Waals surface area contributed by atoms with E-state index < -0.39 is 4.92 Å². The van der Waals surface area contributed by atoms with Crippen molar-refractivity contribution in [2.75, 3.05) is 17.2 Å². The number of rotatable bonds is 6. The van der Waals surface area contributed by atoms with Crippen LogP contribution in [0.5, 0.6) is 0 Å². The second-order valence-electron chi connectivity index (χ2n) is 5.40. The standard InChI is InChI=1S/C14H22N4O3/c1-2-9-15-13-8-7-12(18(20)21)14(17-13)16-10-3-5-11(19)6-4-10/h7-8,10-11,19H,2-6,9H2,1H3,(H2,15,16,17). The Morgan fingerprint density at radius 2 is 2.10 bits per heavy atom. The van der Waals surface area contributed by atoms with E-state index in [-0.39, 0.29) is 17.8 Å². The van der Waals surface area contributed by atoms with E-state index in [4.69, 9.17) is 0 Å². The number of nitro groups is 1. The summed E-state index contributed by atoms with van der Waals surface area (Å²) in [6.45, 7) is 2.82. The van der Waals surface area contributed by atoms with Crippen LogP contribution in [0.3, 0.4) is 0 Å². The molecule has 0 radical (unpaired) electrons. The van der Waals surface area contributed by atoms with E-state index >= 15 is 0 Å². The molecule has 21 heavy (non-hydrogen) atoms. The zero-order valence-corrected chi connectivity index (χ0v) is 12.2. The predicted octanol–water partition coefficient (Wildman–Crippen LogP) is 2.53. The molecule has 0 saturated heterocycles. The molecule has 116 valence electrons. The third-order valence-corrected chi connectivity index (χ3v) is 3.66. The monoisotopic (exact) mass is 294 g/mol. The molecule has 0 bridgehead atoms. The van der Waals surface area contributed by atoms with Crippen LogP contribution in [0.2, 0.25) is 0 Å². The second kappa shape index (κ2) is 7.21. The summed E-state index contributed by atoms with van der Waals surface area (Å²) in [5, 5.41) is 26.9. The first-order chi connectivity index (χ1) is 10.1. The van der Waals surface area contributed by atoms with Crippen LogP contribution in [0.1, 0.15) is 39.0 Å². The van der Waals surface area contributed by atoms with Gasteiger partial charge < -0.3 is 15.7 Å². The van der Waals surface area contributed by atoms with Crippen LogP contribution in [0.15, 0.2) is 12.1 Å². The quantitative estimate of drug-likeness (QED) is 0.550. The summed E-state index contributed by atoms with van der Waals surface area (Å²) in [5.41, 5.74) is -0.0110. The zero-order chi connectivity index (χ0) is 15.2. The molecule has 1 saturated carbocycles. The highest BCUT2D eigenvalue weighted by molar-refractivity contribution is 5.60. The normalized spacial score (nSPS) is 21.8. The minimum Gasteiger partial charge on any atom is -0.393 e. The summed E-state index contributed by atoms with van der Waals surface area (Å²) in [7, 11) is 0. The van der Waals surface area contributed by atoms with Gasteiger partial charge in [-0.3, -0.25) is 10.1 Å². The molecule has 0 aromatic carbocycles. The maximum Gasteiger partial charge on any atom is 0.311 e. The molecule has 2 rings (SSSR count). The molecular formula is C14H22N4O3. The van der Waals surface area contributed by atoms with Gasteiger partial charge >= 0.3 is 5.69 Å². The van der Waals surface area contributed by atoms with E-state index in [1.807, 2.05) is 6.92 Å². The Morgan fingerprint density at radius 3 is 2.71 bits per heavy atom. The second-order valence-corrected chi connectivity index (χ2v) is 5.40. The highest BCUT2D eigenvalue weighted by Gasteiger charge is 2.23. The van der Waals surface area contributed by atoms with Crippen molar-refractivity contribution in [2.24, 2.45) is 0 Å². The SMILES string of the molecule is CCCNc1ccc([N+](=O)[O-])c(NC2CCC(O)CC2)n1. The van der Waals surface area contributed by atoms with Crippen LogP contribution in [-0.4, -0.2) is 33.7 Å². The van der Waals surface area contributed by atoms with Crippen molar-refractivity contribution in [3.05, 3.63) is 22.2 Å². The van der Waals surface area contributed by atoms with Crippen LogP contribution in [-0.2, 0) is 0 Å². The summed E-state index contributed by atoms with van der Waals surface area (Å²) in [6, 6.07) is 3.23. The van der Waals surface area contributed by atoms with Gasteiger partial charge in [0.1, 0.15) is 5.82 Å². The highest BCUT2D eigenvalue weighted by Crippen LogP contribution is 2.28. The van der Waals surface area contributed by atoms with Crippen molar-refractivity contribution in [3.8, 4) is 0 Å². The summed E-state index contributed by atoms with van der Waals surface area (Å²) < 4.78 is 0. The molecule has 7 heteroatoms. The zero-order valence-electron chi connectivity index (χ0n) is 12.2. The molecule has 1 heterocycles. The van der Waals surface area contributed by atoms with E-state index in [9.17, 15) is 15.2 Å². The molecule has 1 aliphatic rings. The first kappa shape index (κ1) is 15.5. The van der Waals surface area contributed by atoms with Gasteiger partial charge in [-0.2, -0.15) is 0 Å². The lowest BCUT2D eigenvalue weighted by atomic mass is 9.93. The van der Waals surface area contributed by atoms with Crippen molar-refractivity contribution >= 4 is 17.3 Å². The van der Waals surface area contributed by atoms with Gasteiger partial charge in [0.05, 0.1) is 11.0 Å². The molecule has 1 aliphatic carbocycles. The number of anilines is 2. The van der Waals surface area contributed by atoms with E-state index in [2.05, 4.69) is 15.6 Å². The van der Waals surface area contributed by atoms with Crippen molar-refractivity contribution in [2.45, 2.75) is 51.2 Å². The summed E-state index contributed by atoms with van der Waals surface area (Å²) in [6.07, 6.45) is 3.75. The lowest BCUT2D eigenvalue weighted by Gasteiger charge is -2.26. The largest absolute Gasteiger partial charge is 0.393 e. The Kier molecular flexibility index (Phi) is 5.32. The first-order valence-corrected chi connectivity index (χ1v) is 7.44. The third-order valence-electron chi connectivity index (χ3n) is 3.66. The molecule has 1 aromatic rings. The first-order valence-electron chi connectivity index (χ1n) is 7.44. The number of nitrogens with zero attached hydrogens (tertiary/aromatic N) is 2. The van der Waals surface area contributed by atoms with Crippen molar-refractivity contribution in [1.82, 2.24) is 4.98 Å². The van der Waals surface area contributed by atoms with Crippen LogP contribution < -0.4 is 10.6 Å². The highest BCUT2D eigenvalue weighted by atomic mass is 16.6. The predicted molar refractivity (Wildman–Crippen MR) is 81.6 cm³/mol. The smallest absolute Gasteiger partial charge is 0.311 e. The van der Waals surface area contributed by atoms with Gasteiger partial charge in [-0.15, -0.1) is 0 Å². The van der Waals surface area contributed by atoms with E-state index in [0.717, 1.165) is 38.6 Å². The summed E-state index contributed by atoms with van der Waals surface area (Å²) >= 11 is 0. The fourth-order valence-corrected chi connectivity index (χ4v) is 2.47. The molecule has 7 nitrogen and oxygen atoms in total. The van der Waals surface area contributed by atoms with Crippen molar-refractivity contribution < 1.29 is 10.0 Å². The fraction of sp³-hybridized carbons (Fsp3) is 0.643. The molecular weight excluding hydrogens is 272 g/mol. The molecule has 1 aromatic heterocycles. The molecule has 0 spiro atoms. The third kappa shape index (κ3) is 4.29. The van der Waals surface area contributed by atoms with Crippen LogP contribution in [0.4, 0.5) is 17.3 Å². The number of aliphatic hydroxyl groups excluding tert-OH is 1. The number of aromatic nitrogens is 1. The number of hydrogen-bond acceptors (Lipinski definition) is 6. The average Bonchev–Trinajstić information content (AvgIpc) is 2.47. The van der Waals surface area contributed by atoms with Gasteiger partial charge in [-0.25, -0.2) is 4.98 Å². The van der Waals surface area contributed by atoms with Crippen LogP contribution >= 0.6 is 0 Å². The Labute approximate surface area is 123 Å². The lowest BCUT2D eigenvalue weighted by Crippen LogP contribution is -2.28. The van der Waals surface area contributed by atoms with E-state index in [1.54, 1.807) is 6.07 Å². The molecule has 0 amide bonds. The minimum absolute atomic E-state index is 0.0110. The maximum atomic E-state index is 11.1. The van der Waals surface area contributed by atoms with E-state index in [1.165, 1.54) is 6.07 Å². The van der Waals surface area contributed by atoms with Crippen molar-refractivity contribution in [1.29, 1.82) is 0 Å². The maximum absolute atomic E-state index is 11.1. The molecule has 0 atom stereocenters. The number of aliphatic hydroxyl groups is 1. The molecule has 0 aliphatic heterocycles. The van der Waals surface area contributed by atoms with Gasteiger partial charge in [0.2, 0.25) is 5.82 Å².